The number of nitrogens with one attached hydrogen (secondary N) is 1. The Balaban J connectivity index is 2.56. The molecule has 1 fully saturated rings. The van der Waals surface area contributed by atoms with Gasteiger partial charge in [-0.05, 0) is 40.5 Å². The first kappa shape index (κ1) is 17.1. The highest BCUT2D eigenvalue weighted by atomic mass is 32.2. The van der Waals surface area contributed by atoms with Crippen LogP contribution in [-0.2, 0) is 4.74 Å². The van der Waals surface area contributed by atoms with E-state index in [1.165, 1.54) is 0 Å². The fourth-order valence-corrected chi connectivity index (χ4v) is 3.02. The van der Waals surface area contributed by atoms with E-state index in [1.54, 1.807) is 0 Å². The summed E-state index contributed by atoms with van der Waals surface area (Å²) in [6, 6.07) is 0. The summed E-state index contributed by atoms with van der Waals surface area (Å²) in [4.78, 5) is 0. The van der Waals surface area contributed by atoms with Crippen molar-refractivity contribution in [2.24, 2.45) is 5.41 Å². The highest BCUT2D eigenvalue weighted by Gasteiger charge is 2.42. The molecule has 0 amide bonds. The molecule has 1 heterocycles. The van der Waals surface area contributed by atoms with Gasteiger partial charge in [-0.25, -0.2) is 0 Å². The lowest BCUT2D eigenvalue weighted by molar-refractivity contribution is -0.0330. The standard InChI is InChI=1S/C13H24F3NOS/c1-10-12(5-7-18-10,9-17-11(2,3)4)6-8-19-13(14,15)16/h10,17H,5-9H2,1-4H3. The van der Waals surface area contributed by atoms with Crippen molar-refractivity contribution >= 4 is 11.8 Å². The summed E-state index contributed by atoms with van der Waals surface area (Å²) in [5.41, 5.74) is -4.35. The van der Waals surface area contributed by atoms with Crippen LogP contribution in [0.2, 0.25) is 0 Å². The van der Waals surface area contributed by atoms with Crippen molar-refractivity contribution in [3.05, 3.63) is 0 Å². The summed E-state index contributed by atoms with van der Waals surface area (Å²) in [5, 5.41) is 3.41. The molecule has 0 aromatic rings. The zero-order valence-corrected chi connectivity index (χ0v) is 12.9. The third-order valence-corrected chi connectivity index (χ3v) is 4.40. The maximum atomic E-state index is 12.2. The van der Waals surface area contributed by atoms with Crippen molar-refractivity contribution in [3.63, 3.8) is 0 Å². The first-order chi connectivity index (χ1) is 8.54. The van der Waals surface area contributed by atoms with Gasteiger partial charge in [0, 0.05) is 29.9 Å². The molecule has 0 saturated carbocycles. The topological polar surface area (TPSA) is 21.3 Å². The Morgan fingerprint density at radius 3 is 2.37 bits per heavy atom. The van der Waals surface area contributed by atoms with Gasteiger partial charge in [0.15, 0.2) is 0 Å². The number of hydrogen-bond donors (Lipinski definition) is 1. The first-order valence-corrected chi connectivity index (χ1v) is 7.60. The van der Waals surface area contributed by atoms with Crippen LogP contribution in [0.1, 0.15) is 40.5 Å². The summed E-state index contributed by atoms with van der Waals surface area (Å²) in [7, 11) is 0. The second-order valence-electron chi connectivity index (χ2n) is 6.27. The molecule has 6 heteroatoms. The van der Waals surface area contributed by atoms with Gasteiger partial charge in [0.1, 0.15) is 0 Å². The van der Waals surface area contributed by atoms with Crippen LogP contribution in [0, 0.1) is 5.41 Å². The second kappa shape index (κ2) is 6.22. The molecule has 0 aromatic carbocycles. The Bertz CT molecular complexity index is 291. The summed E-state index contributed by atoms with van der Waals surface area (Å²) < 4.78 is 42.3. The predicted octanol–water partition coefficient (Wildman–Crippen LogP) is 3.81. The maximum absolute atomic E-state index is 12.2. The quantitative estimate of drug-likeness (QED) is 0.834. The average molecular weight is 299 g/mol. The molecule has 1 N–H and O–H groups in total. The lowest BCUT2D eigenvalue weighted by Crippen LogP contribution is -2.47. The third kappa shape index (κ3) is 5.92. The Kier molecular flexibility index (Phi) is 5.61. The predicted molar refractivity (Wildman–Crippen MR) is 73.3 cm³/mol. The van der Waals surface area contributed by atoms with Crippen LogP contribution in [0.25, 0.3) is 0 Å². The van der Waals surface area contributed by atoms with Gasteiger partial charge in [0.2, 0.25) is 0 Å². The Labute approximate surface area is 117 Å². The zero-order valence-electron chi connectivity index (χ0n) is 12.1. The van der Waals surface area contributed by atoms with E-state index in [9.17, 15) is 13.2 Å². The number of alkyl halides is 3. The molecule has 0 spiro atoms. The molecular weight excluding hydrogens is 275 g/mol. The van der Waals surface area contributed by atoms with Crippen molar-refractivity contribution in [2.45, 2.75) is 57.7 Å². The summed E-state index contributed by atoms with van der Waals surface area (Å²) in [6.45, 7) is 9.50. The Hall–Kier alpha value is 0.0600. The van der Waals surface area contributed by atoms with Crippen molar-refractivity contribution in [1.82, 2.24) is 5.32 Å². The minimum absolute atomic E-state index is 0.0104. The molecule has 114 valence electrons. The van der Waals surface area contributed by atoms with Crippen LogP contribution in [-0.4, -0.2) is 36.1 Å². The molecule has 1 aliphatic rings. The Morgan fingerprint density at radius 2 is 1.95 bits per heavy atom. The molecule has 2 atom stereocenters. The van der Waals surface area contributed by atoms with E-state index < -0.39 is 5.51 Å². The van der Waals surface area contributed by atoms with Crippen LogP contribution in [0.3, 0.4) is 0 Å². The number of rotatable bonds is 5. The molecule has 0 aliphatic carbocycles. The van der Waals surface area contributed by atoms with Gasteiger partial charge in [-0.2, -0.15) is 13.2 Å². The van der Waals surface area contributed by atoms with Gasteiger partial charge < -0.3 is 10.1 Å². The van der Waals surface area contributed by atoms with Crippen LogP contribution in [0.4, 0.5) is 13.2 Å². The lowest BCUT2D eigenvalue weighted by atomic mass is 9.78. The van der Waals surface area contributed by atoms with Gasteiger partial charge >= 0.3 is 5.51 Å². The SMILES string of the molecule is CC1OCCC1(CCSC(F)(F)F)CNC(C)(C)C. The van der Waals surface area contributed by atoms with E-state index >= 15 is 0 Å². The summed E-state index contributed by atoms with van der Waals surface area (Å²) in [6.07, 6.45) is 1.37. The molecule has 1 aliphatic heterocycles. The summed E-state index contributed by atoms with van der Waals surface area (Å²) in [5.74, 6) is 0.100. The molecular formula is C13H24F3NOS. The molecule has 0 aromatic heterocycles. The van der Waals surface area contributed by atoms with E-state index in [1.807, 2.05) is 6.92 Å². The first-order valence-electron chi connectivity index (χ1n) is 6.61. The minimum atomic E-state index is -4.14. The van der Waals surface area contributed by atoms with Crippen molar-refractivity contribution in [3.8, 4) is 0 Å². The van der Waals surface area contributed by atoms with Gasteiger partial charge in [-0.3, -0.25) is 0 Å². The highest BCUT2D eigenvalue weighted by Crippen LogP contribution is 2.41. The maximum Gasteiger partial charge on any atom is 0.441 e. The molecule has 2 unspecified atom stereocenters. The van der Waals surface area contributed by atoms with E-state index in [-0.39, 0.29) is 34.6 Å². The van der Waals surface area contributed by atoms with E-state index in [0.29, 0.717) is 19.6 Å². The van der Waals surface area contributed by atoms with Gasteiger partial charge in [-0.15, -0.1) is 0 Å². The third-order valence-electron chi connectivity index (χ3n) is 3.67. The monoisotopic (exact) mass is 299 g/mol. The fourth-order valence-electron chi connectivity index (χ4n) is 2.28. The molecule has 2 nitrogen and oxygen atoms in total. The summed E-state index contributed by atoms with van der Waals surface area (Å²) >= 11 is 0.0710. The normalized spacial score (nSPS) is 28.9. The minimum Gasteiger partial charge on any atom is -0.378 e. The largest absolute Gasteiger partial charge is 0.441 e. The van der Waals surface area contributed by atoms with Gasteiger partial charge in [0.05, 0.1) is 6.10 Å². The van der Waals surface area contributed by atoms with E-state index in [4.69, 9.17) is 4.74 Å². The molecule has 19 heavy (non-hydrogen) atoms. The number of halogens is 3. The zero-order chi connectivity index (χ0) is 14.7. The van der Waals surface area contributed by atoms with Crippen molar-refractivity contribution < 1.29 is 17.9 Å². The fraction of sp³-hybridized carbons (Fsp3) is 1.00. The number of hydrogen-bond acceptors (Lipinski definition) is 3. The van der Waals surface area contributed by atoms with Crippen LogP contribution < -0.4 is 5.32 Å². The van der Waals surface area contributed by atoms with Gasteiger partial charge in [-0.1, -0.05) is 11.8 Å². The Morgan fingerprint density at radius 1 is 1.32 bits per heavy atom. The number of thioether (sulfide) groups is 1. The number of ether oxygens (including phenoxy) is 1. The smallest absolute Gasteiger partial charge is 0.378 e. The molecule has 0 radical (unpaired) electrons. The van der Waals surface area contributed by atoms with Crippen molar-refractivity contribution in [2.75, 3.05) is 18.9 Å². The average Bonchev–Trinajstić information content (AvgIpc) is 2.55. The molecule has 0 bridgehead atoms. The highest BCUT2D eigenvalue weighted by molar-refractivity contribution is 8.00. The van der Waals surface area contributed by atoms with Crippen LogP contribution in [0.15, 0.2) is 0 Å². The van der Waals surface area contributed by atoms with Crippen LogP contribution >= 0.6 is 11.8 Å². The van der Waals surface area contributed by atoms with Crippen LogP contribution in [0.5, 0.6) is 0 Å². The lowest BCUT2D eigenvalue weighted by Gasteiger charge is -2.35. The molecule has 1 saturated heterocycles. The van der Waals surface area contributed by atoms with E-state index in [2.05, 4.69) is 26.1 Å². The van der Waals surface area contributed by atoms with Crippen molar-refractivity contribution in [1.29, 1.82) is 0 Å². The molecule has 1 rings (SSSR count). The van der Waals surface area contributed by atoms with E-state index in [0.717, 1.165) is 6.42 Å². The second-order valence-corrected chi connectivity index (χ2v) is 7.43. The van der Waals surface area contributed by atoms with Gasteiger partial charge in [0.25, 0.3) is 0 Å².